The van der Waals surface area contributed by atoms with E-state index in [-0.39, 0.29) is 37.7 Å². The Kier molecular flexibility index (Phi) is 15.5. The number of aromatic nitrogens is 3. The summed E-state index contributed by atoms with van der Waals surface area (Å²) in [6.07, 6.45) is -1.47. The summed E-state index contributed by atoms with van der Waals surface area (Å²) in [5, 5.41) is 20.6. The summed E-state index contributed by atoms with van der Waals surface area (Å²) in [5.74, 6) is -5.13. The minimum absolute atomic E-state index is 0.00988. The maximum Gasteiger partial charge on any atom is 0.322 e. The van der Waals surface area contributed by atoms with Crippen LogP contribution in [0.1, 0.15) is 57.4 Å². The maximum absolute atomic E-state index is 14.5. The molecule has 1 saturated heterocycles. The lowest BCUT2D eigenvalue weighted by molar-refractivity contribution is -0.218. The highest BCUT2D eigenvalue weighted by molar-refractivity contribution is 8.01. The maximum atomic E-state index is 14.5. The first-order valence-electron chi connectivity index (χ1n) is 19.2. The van der Waals surface area contributed by atoms with Gasteiger partial charge in [-0.1, -0.05) is 76.4 Å². The molecule has 4 aromatic carbocycles. The summed E-state index contributed by atoms with van der Waals surface area (Å²) in [5.41, 5.74) is -1.31. The molecule has 0 aliphatic carbocycles. The van der Waals surface area contributed by atoms with Crippen molar-refractivity contribution in [2.24, 2.45) is 0 Å². The van der Waals surface area contributed by atoms with E-state index in [1.807, 2.05) is 12.1 Å². The molecule has 0 radical (unpaired) electrons. The Balaban J connectivity index is 1.47. The Hall–Kier alpha value is -3.70. The fourth-order valence-electron chi connectivity index (χ4n) is 6.50. The molecule has 61 heavy (non-hydrogen) atoms. The molecule has 1 fully saturated rings. The second-order valence-corrected chi connectivity index (χ2v) is 18.5. The number of benzene rings is 4. The van der Waals surface area contributed by atoms with Crippen molar-refractivity contribution in [2.45, 2.75) is 101 Å². The van der Waals surface area contributed by atoms with Gasteiger partial charge in [0.2, 0.25) is 0 Å². The third kappa shape index (κ3) is 12.7. The smallest absolute Gasteiger partial charge is 0.322 e. The average molecular weight is 923 g/mol. The van der Waals surface area contributed by atoms with Gasteiger partial charge in [-0.2, -0.15) is 0 Å². The van der Waals surface area contributed by atoms with Crippen LogP contribution < -0.4 is 0 Å². The van der Waals surface area contributed by atoms with Crippen LogP contribution in [0, 0.1) is 17.5 Å². The zero-order valence-electron chi connectivity index (χ0n) is 33.9. The first-order chi connectivity index (χ1) is 28.8. The minimum Gasteiger partial charge on any atom is -0.459 e. The SMILES string of the molecule is CC(C)(C)OC(=O)C(S[C@@H]1O[C@H](COCc2ccc(Cl)cc2)[C@H](OCc2ccc(Cl)cc2)[C@H](n2cc(-c3cc(F)c(F)c(F)c3)nn2)[C@H]1OCc1ccc(Cl)cc1)C(C)(C)O. The molecular weight excluding hydrogens is 878 g/mol. The molecule has 1 N–H and O–H groups in total. The van der Waals surface area contributed by atoms with Crippen LogP contribution in [0.15, 0.2) is 91.1 Å². The van der Waals surface area contributed by atoms with E-state index in [0.29, 0.717) is 15.1 Å². The Bertz CT molecular complexity index is 2220. The van der Waals surface area contributed by atoms with Gasteiger partial charge in [-0.05, 0) is 99.8 Å². The van der Waals surface area contributed by atoms with Crippen LogP contribution in [-0.2, 0) is 48.3 Å². The lowest BCUT2D eigenvalue weighted by atomic mass is 9.96. The quantitative estimate of drug-likeness (QED) is 0.0758. The van der Waals surface area contributed by atoms with Crippen molar-refractivity contribution in [1.82, 2.24) is 15.0 Å². The van der Waals surface area contributed by atoms with Gasteiger partial charge in [0.15, 0.2) is 17.5 Å². The molecule has 10 nitrogen and oxygen atoms in total. The summed E-state index contributed by atoms with van der Waals surface area (Å²) in [6, 6.07) is 21.9. The molecule has 1 aliphatic heterocycles. The number of ether oxygens (including phenoxy) is 5. The van der Waals surface area contributed by atoms with Gasteiger partial charge in [-0.25, -0.2) is 17.9 Å². The van der Waals surface area contributed by atoms with Crippen LogP contribution in [0.25, 0.3) is 11.3 Å². The average Bonchev–Trinajstić information content (AvgIpc) is 3.68. The molecule has 326 valence electrons. The summed E-state index contributed by atoms with van der Waals surface area (Å²) >= 11 is 19.5. The van der Waals surface area contributed by atoms with E-state index < -0.39 is 69.7 Å². The first kappa shape index (κ1) is 46.8. The molecule has 5 aromatic rings. The van der Waals surface area contributed by atoms with Gasteiger partial charge in [0.1, 0.15) is 46.3 Å². The second kappa shape index (κ2) is 20.2. The van der Waals surface area contributed by atoms with Crippen LogP contribution in [-0.4, -0.2) is 72.9 Å². The van der Waals surface area contributed by atoms with Crippen molar-refractivity contribution < 1.29 is 46.8 Å². The summed E-state index contributed by atoms with van der Waals surface area (Å²) in [7, 11) is 0. The van der Waals surface area contributed by atoms with Crippen molar-refractivity contribution in [3.63, 3.8) is 0 Å². The monoisotopic (exact) mass is 921 g/mol. The molecule has 0 bridgehead atoms. The number of hydrogen-bond donors (Lipinski definition) is 1. The van der Waals surface area contributed by atoms with Crippen LogP contribution in [0.2, 0.25) is 15.1 Å². The number of esters is 1. The van der Waals surface area contributed by atoms with E-state index >= 15 is 0 Å². The van der Waals surface area contributed by atoms with Crippen LogP contribution >= 0.6 is 46.6 Å². The number of rotatable bonds is 16. The highest BCUT2D eigenvalue weighted by atomic mass is 35.5. The van der Waals surface area contributed by atoms with Crippen molar-refractivity contribution in [3.8, 4) is 11.3 Å². The molecule has 1 aromatic heterocycles. The zero-order valence-corrected chi connectivity index (χ0v) is 37.0. The number of halogens is 6. The van der Waals surface area contributed by atoms with Crippen molar-refractivity contribution in [3.05, 3.63) is 140 Å². The molecule has 6 atom stereocenters. The van der Waals surface area contributed by atoms with Gasteiger partial charge in [0.25, 0.3) is 0 Å². The summed E-state index contributed by atoms with van der Waals surface area (Å²) in [4.78, 5) is 13.9. The largest absolute Gasteiger partial charge is 0.459 e. The Morgan fingerprint density at radius 1 is 0.803 bits per heavy atom. The van der Waals surface area contributed by atoms with Crippen LogP contribution in [0.5, 0.6) is 0 Å². The molecule has 0 spiro atoms. The van der Waals surface area contributed by atoms with Crippen molar-refractivity contribution >= 4 is 52.5 Å². The van der Waals surface area contributed by atoms with E-state index in [1.54, 1.807) is 81.4 Å². The minimum atomic E-state index is -1.63. The summed E-state index contributed by atoms with van der Waals surface area (Å²) < 4.78 is 76.9. The third-order valence-electron chi connectivity index (χ3n) is 9.42. The van der Waals surface area contributed by atoms with E-state index in [2.05, 4.69) is 10.3 Å². The molecule has 17 heteroatoms. The topological polar surface area (TPSA) is 114 Å². The van der Waals surface area contributed by atoms with Crippen LogP contribution in [0.3, 0.4) is 0 Å². The van der Waals surface area contributed by atoms with Gasteiger partial charge >= 0.3 is 5.97 Å². The Morgan fingerprint density at radius 2 is 1.30 bits per heavy atom. The molecule has 0 amide bonds. The Morgan fingerprint density at radius 3 is 1.79 bits per heavy atom. The number of carbonyl (C=O) groups is 1. The third-order valence-corrected chi connectivity index (χ3v) is 11.9. The normalized spacial score (nSPS) is 20.1. The number of carbonyl (C=O) groups excluding carboxylic acids is 1. The predicted octanol–water partition coefficient (Wildman–Crippen LogP) is 10.2. The second-order valence-electron chi connectivity index (χ2n) is 16.0. The summed E-state index contributed by atoms with van der Waals surface area (Å²) in [6.45, 7) is 8.33. The van der Waals surface area contributed by atoms with Gasteiger partial charge in [-0.15, -0.1) is 16.9 Å². The number of aliphatic hydroxyl groups is 1. The van der Waals surface area contributed by atoms with Gasteiger partial charge in [-0.3, -0.25) is 4.79 Å². The van der Waals surface area contributed by atoms with Gasteiger partial charge in [0.05, 0.1) is 38.2 Å². The lowest BCUT2D eigenvalue weighted by Crippen LogP contribution is -2.58. The van der Waals surface area contributed by atoms with Crippen molar-refractivity contribution in [1.29, 1.82) is 0 Å². The van der Waals surface area contributed by atoms with Crippen LogP contribution in [0.4, 0.5) is 13.2 Å². The lowest BCUT2D eigenvalue weighted by Gasteiger charge is -2.47. The molecule has 1 aliphatic rings. The fraction of sp³-hybridized carbons (Fsp3) is 0.386. The first-order valence-corrected chi connectivity index (χ1v) is 21.3. The molecular formula is C44H45Cl3F3N3O7S. The fourth-order valence-corrected chi connectivity index (χ4v) is 8.24. The van der Waals surface area contributed by atoms with Gasteiger partial charge < -0.3 is 28.8 Å². The Labute approximate surface area is 371 Å². The van der Waals surface area contributed by atoms with Gasteiger partial charge in [0, 0.05) is 20.6 Å². The zero-order chi connectivity index (χ0) is 44.1. The van der Waals surface area contributed by atoms with E-state index in [0.717, 1.165) is 40.6 Å². The highest BCUT2D eigenvalue weighted by Crippen LogP contribution is 2.43. The van der Waals surface area contributed by atoms with Crippen molar-refractivity contribution in [2.75, 3.05) is 6.61 Å². The number of thioether (sulfide) groups is 1. The van der Waals surface area contributed by atoms with E-state index in [1.165, 1.54) is 24.7 Å². The standard InChI is InChI=1S/C44H45Cl3F3N3O7S/c1-43(2,3)60-41(54)40(44(4,5)55)61-42-39(58-23-27-10-16-31(47)17-11-27)37(53-20-34(51-52-53)28-18-32(48)36(50)33(49)19-28)38(57-22-26-8-14-30(46)15-9-26)35(59-42)24-56-21-25-6-12-29(45)13-7-25/h6-20,35,37-40,42,55H,21-24H2,1-5H3/t35-,37+,38+,39-,40?,42+/m1/s1. The molecule has 1 unspecified atom stereocenters. The molecule has 2 heterocycles. The van der Waals surface area contributed by atoms with E-state index in [4.69, 9.17) is 58.5 Å². The number of hydrogen-bond acceptors (Lipinski definition) is 10. The predicted molar refractivity (Wildman–Crippen MR) is 228 cm³/mol. The number of nitrogens with zero attached hydrogens (tertiary/aromatic N) is 3. The highest BCUT2D eigenvalue weighted by Gasteiger charge is 2.52. The molecule has 0 saturated carbocycles. The van der Waals surface area contributed by atoms with E-state index in [9.17, 15) is 23.1 Å². The molecule has 6 rings (SSSR count).